The van der Waals surface area contributed by atoms with Gasteiger partial charge in [-0.15, -0.1) is 0 Å². The van der Waals surface area contributed by atoms with Crippen molar-refractivity contribution in [3.63, 3.8) is 0 Å². The number of halogens is 2. The molecule has 0 bridgehead atoms. The molecule has 0 spiro atoms. The Morgan fingerprint density at radius 2 is 1.74 bits per heavy atom. The van der Waals surface area contributed by atoms with Gasteiger partial charge in [0.2, 0.25) is 5.90 Å². The number of amides is 1. The highest BCUT2D eigenvalue weighted by molar-refractivity contribution is 9.10. The number of aliphatic imine (C=N–C) groups is 1. The van der Waals surface area contributed by atoms with E-state index < -0.39 is 27.4 Å². The molecule has 5 rings (SSSR count). The Balaban J connectivity index is 1.52. The molecule has 4 aromatic carbocycles. The second-order valence-electron chi connectivity index (χ2n) is 10.8. The fraction of sp³-hybridized carbons (Fsp3) is 0.257. The van der Waals surface area contributed by atoms with Gasteiger partial charge < -0.3 is 19.9 Å². The van der Waals surface area contributed by atoms with Crippen LogP contribution in [0.3, 0.4) is 0 Å². The summed E-state index contributed by atoms with van der Waals surface area (Å²) in [4.78, 5) is 19.4. The van der Waals surface area contributed by atoms with Gasteiger partial charge in [0.05, 0.1) is 17.3 Å². The lowest BCUT2D eigenvalue weighted by Gasteiger charge is -2.31. The van der Waals surface area contributed by atoms with Crippen molar-refractivity contribution in [2.24, 2.45) is 4.99 Å². The van der Waals surface area contributed by atoms with E-state index in [9.17, 15) is 17.6 Å². The number of nitrogens with one attached hydrogen (secondary N) is 1. The van der Waals surface area contributed by atoms with E-state index in [0.717, 1.165) is 0 Å². The molecule has 1 amide bonds. The molecule has 2 atom stereocenters. The first-order valence-electron chi connectivity index (χ1n) is 14.9. The van der Waals surface area contributed by atoms with E-state index >= 15 is 0 Å². The van der Waals surface area contributed by atoms with E-state index in [-0.39, 0.29) is 41.9 Å². The van der Waals surface area contributed by atoms with Gasteiger partial charge in [0.1, 0.15) is 11.6 Å². The number of carbonyl (C=O) groups is 1. The summed E-state index contributed by atoms with van der Waals surface area (Å²) in [5.41, 5.74) is 0.241. The minimum atomic E-state index is -3.79. The van der Waals surface area contributed by atoms with Gasteiger partial charge in [-0.1, -0.05) is 64.5 Å². The van der Waals surface area contributed by atoms with Crippen molar-refractivity contribution in [2.45, 2.75) is 35.8 Å². The first kappa shape index (κ1) is 33.3. The van der Waals surface area contributed by atoms with E-state index in [1.165, 1.54) is 24.3 Å². The molecule has 1 aliphatic rings. The second kappa shape index (κ2) is 15.0. The number of rotatable bonds is 14. The predicted molar refractivity (Wildman–Crippen MR) is 177 cm³/mol. The van der Waals surface area contributed by atoms with Gasteiger partial charge >= 0.3 is 0 Å². The number of aliphatic hydroxyl groups is 1. The average molecular weight is 710 g/mol. The largest absolute Gasteiger partial charge is 0.494 e. The van der Waals surface area contributed by atoms with Crippen molar-refractivity contribution in [1.29, 1.82) is 0 Å². The number of benzene rings is 4. The molecule has 2 N–H and O–H groups in total. The molecular weight excluding hydrogens is 675 g/mol. The molecule has 4 aromatic rings. The molecule has 46 heavy (non-hydrogen) atoms. The molecule has 0 unspecified atom stereocenters. The fourth-order valence-electron chi connectivity index (χ4n) is 5.24. The van der Waals surface area contributed by atoms with Crippen LogP contribution in [0.25, 0.3) is 0 Å². The van der Waals surface area contributed by atoms with Crippen molar-refractivity contribution in [3.8, 4) is 5.75 Å². The quantitative estimate of drug-likeness (QED) is 0.160. The van der Waals surface area contributed by atoms with Crippen LogP contribution in [-0.4, -0.2) is 56.4 Å². The summed E-state index contributed by atoms with van der Waals surface area (Å²) in [6.07, 6.45) is -0.294. The van der Waals surface area contributed by atoms with Crippen LogP contribution in [0.5, 0.6) is 5.75 Å². The monoisotopic (exact) mass is 708 g/mol. The Labute approximate surface area is 276 Å². The van der Waals surface area contributed by atoms with E-state index in [1.54, 1.807) is 54.6 Å². The van der Waals surface area contributed by atoms with Crippen molar-refractivity contribution in [2.75, 3.05) is 25.5 Å². The van der Waals surface area contributed by atoms with Crippen LogP contribution in [-0.2, 0) is 25.8 Å². The maximum atomic E-state index is 14.3. The molecule has 0 radical (unpaired) electrons. The number of hydrogen-bond acceptors (Lipinski definition) is 7. The maximum absolute atomic E-state index is 14.3. The molecule has 11 heteroatoms. The molecule has 8 nitrogen and oxygen atoms in total. The van der Waals surface area contributed by atoms with Crippen molar-refractivity contribution in [3.05, 3.63) is 130 Å². The van der Waals surface area contributed by atoms with Crippen LogP contribution in [0.4, 0.5) is 4.39 Å². The van der Waals surface area contributed by atoms with E-state index in [4.69, 9.17) is 19.6 Å². The first-order valence-corrected chi connectivity index (χ1v) is 17.3. The topological polar surface area (TPSA) is 114 Å². The Morgan fingerprint density at radius 1 is 1.00 bits per heavy atom. The van der Waals surface area contributed by atoms with Gasteiger partial charge in [0, 0.05) is 41.6 Å². The molecule has 0 aliphatic carbocycles. The third kappa shape index (κ3) is 7.83. The van der Waals surface area contributed by atoms with Crippen LogP contribution >= 0.6 is 15.9 Å². The minimum Gasteiger partial charge on any atom is -0.494 e. The summed E-state index contributed by atoms with van der Waals surface area (Å²) < 4.78 is 53.6. The standard InChI is InChI=1S/C35H34BrFN2O6S/c36-31-13-5-4-12-30(31)32-35(19-23-46(42,43)29-10-2-1-3-11-29,34(41)38-20-18-25-8-6-9-27(37)24-25)39-33(45-32)26-14-16-28(17-15-26)44-22-7-21-40/h1-6,8-17,24,32,40H,7,18-23H2,(H,38,41)/t32-,35-/m1/s1. The number of nitrogens with zero attached hydrogens (tertiary/aromatic N) is 1. The number of sulfone groups is 1. The van der Waals surface area contributed by atoms with Crippen molar-refractivity contribution in [1.82, 2.24) is 5.32 Å². The summed E-state index contributed by atoms with van der Waals surface area (Å²) in [7, 11) is -3.79. The van der Waals surface area contributed by atoms with Gasteiger partial charge in [-0.2, -0.15) is 0 Å². The zero-order chi connectivity index (χ0) is 32.6. The Morgan fingerprint density at radius 3 is 2.46 bits per heavy atom. The first-order chi connectivity index (χ1) is 22.2. The van der Waals surface area contributed by atoms with E-state index in [1.807, 2.05) is 24.3 Å². The molecule has 0 aromatic heterocycles. The van der Waals surface area contributed by atoms with Crippen LogP contribution < -0.4 is 10.1 Å². The Bertz CT molecular complexity index is 1790. The number of hydrogen-bond donors (Lipinski definition) is 2. The van der Waals surface area contributed by atoms with Gasteiger partial charge in [-0.3, -0.25) is 4.79 Å². The summed E-state index contributed by atoms with van der Waals surface area (Å²) in [6, 6.07) is 28.5. The Kier molecular flexibility index (Phi) is 10.9. The van der Waals surface area contributed by atoms with Gasteiger partial charge in [-0.05, 0) is 66.6 Å². The lowest BCUT2D eigenvalue weighted by Crippen LogP contribution is -2.49. The lowest BCUT2D eigenvalue weighted by atomic mass is 9.85. The van der Waals surface area contributed by atoms with Crippen molar-refractivity contribution < 1.29 is 32.2 Å². The number of carbonyl (C=O) groups excluding carboxylic acids is 1. The van der Waals surface area contributed by atoms with Crippen LogP contribution in [0.1, 0.15) is 35.6 Å². The summed E-state index contributed by atoms with van der Waals surface area (Å²) in [5.74, 6) is -0.475. The maximum Gasteiger partial charge on any atom is 0.252 e. The summed E-state index contributed by atoms with van der Waals surface area (Å²) in [5, 5.41) is 12.0. The summed E-state index contributed by atoms with van der Waals surface area (Å²) in [6.45, 7) is 0.542. The highest BCUT2D eigenvalue weighted by atomic mass is 79.9. The molecular formula is C35H34BrFN2O6S. The third-order valence-corrected chi connectivity index (χ3v) is 10.1. The Hall–Kier alpha value is -4.06. The molecule has 0 fully saturated rings. The van der Waals surface area contributed by atoms with Crippen LogP contribution in [0.15, 0.2) is 117 Å². The van der Waals surface area contributed by atoms with E-state index in [2.05, 4.69) is 21.2 Å². The smallest absolute Gasteiger partial charge is 0.252 e. The van der Waals surface area contributed by atoms with Gasteiger partial charge in [0.25, 0.3) is 5.91 Å². The highest BCUT2D eigenvalue weighted by Gasteiger charge is 2.54. The number of aliphatic hydroxyl groups excluding tert-OH is 1. The summed E-state index contributed by atoms with van der Waals surface area (Å²) >= 11 is 3.59. The second-order valence-corrected chi connectivity index (χ2v) is 13.8. The zero-order valence-electron chi connectivity index (χ0n) is 24.9. The molecule has 0 saturated heterocycles. The van der Waals surface area contributed by atoms with Crippen LogP contribution in [0.2, 0.25) is 0 Å². The zero-order valence-corrected chi connectivity index (χ0v) is 27.3. The number of ether oxygens (including phenoxy) is 2. The molecule has 1 heterocycles. The van der Waals surface area contributed by atoms with Crippen LogP contribution in [0, 0.1) is 5.82 Å². The third-order valence-electron chi connectivity index (χ3n) is 7.66. The average Bonchev–Trinajstić information content (AvgIpc) is 3.46. The molecule has 0 saturated carbocycles. The molecule has 240 valence electrons. The minimum absolute atomic E-state index is 0.0194. The predicted octanol–water partition coefficient (Wildman–Crippen LogP) is 5.83. The van der Waals surface area contributed by atoms with E-state index in [0.29, 0.717) is 46.4 Å². The lowest BCUT2D eigenvalue weighted by molar-refractivity contribution is -0.129. The highest BCUT2D eigenvalue weighted by Crippen LogP contribution is 2.45. The SMILES string of the molecule is O=C(NCCc1cccc(F)c1)[C@]1(CCS(=O)(=O)c2ccccc2)N=C(c2ccc(OCCCO)cc2)O[C@@H]1c1ccccc1Br. The van der Waals surface area contributed by atoms with Gasteiger partial charge in [-0.25, -0.2) is 17.8 Å². The van der Waals surface area contributed by atoms with Crippen molar-refractivity contribution >= 4 is 37.6 Å². The molecule has 1 aliphatic heterocycles. The fourth-order valence-corrected chi connectivity index (χ4v) is 7.12. The normalized spacial score (nSPS) is 17.6. The van der Waals surface area contributed by atoms with Gasteiger partial charge in [0.15, 0.2) is 21.5 Å².